The number of benzene rings is 2. The summed E-state index contributed by atoms with van der Waals surface area (Å²) in [6.45, 7) is 4.45. The molecule has 0 atom stereocenters. The molecule has 2 aromatic carbocycles. The first kappa shape index (κ1) is 20.7. The lowest BCUT2D eigenvalue weighted by Gasteiger charge is -2.07. The van der Waals surface area contributed by atoms with Crippen LogP contribution in [0.5, 0.6) is 5.06 Å². The average molecular weight is 431 g/mol. The molecular weight excluding hydrogens is 411 g/mol. The summed E-state index contributed by atoms with van der Waals surface area (Å²) in [7, 11) is 0. The average Bonchev–Trinajstić information content (AvgIpc) is 3.12. The van der Waals surface area contributed by atoms with Gasteiger partial charge in [-0.15, -0.1) is 11.3 Å². The number of halogens is 2. The van der Waals surface area contributed by atoms with Gasteiger partial charge in [0.25, 0.3) is 0 Å². The second-order valence-corrected chi connectivity index (χ2v) is 7.99. The van der Waals surface area contributed by atoms with Crippen LogP contribution in [0.1, 0.15) is 30.0 Å². The Hall–Kier alpha value is -2.03. The van der Waals surface area contributed by atoms with Crippen LogP contribution >= 0.6 is 34.5 Å². The lowest BCUT2D eigenvalue weighted by molar-refractivity contribution is 0.315. The van der Waals surface area contributed by atoms with Crippen molar-refractivity contribution in [3.63, 3.8) is 0 Å². The second-order valence-electron chi connectivity index (χ2n) is 6.33. The Labute approximate surface area is 179 Å². The zero-order valence-corrected chi connectivity index (χ0v) is 17.8. The van der Waals surface area contributed by atoms with E-state index in [1.54, 1.807) is 12.1 Å². The van der Waals surface area contributed by atoms with Gasteiger partial charge in [0.1, 0.15) is 18.2 Å². The van der Waals surface area contributed by atoms with E-state index >= 15 is 0 Å². The van der Waals surface area contributed by atoms with Crippen LogP contribution in [0.4, 0.5) is 0 Å². The molecule has 6 heteroatoms. The highest BCUT2D eigenvalue weighted by Crippen LogP contribution is 2.38. The van der Waals surface area contributed by atoms with Crippen molar-refractivity contribution in [3.8, 4) is 22.3 Å². The maximum atomic E-state index is 9.62. The molecule has 0 saturated heterocycles. The third-order valence-corrected chi connectivity index (χ3v) is 5.88. The predicted molar refractivity (Wildman–Crippen MR) is 117 cm³/mol. The molecule has 1 N–H and O–H groups in total. The van der Waals surface area contributed by atoms with E-state index in [4.69, 9.17) is 27.9 Å². The number of nitrogens with zero attached hydrogens (tertiary/aromatic N) is 1. The summed E-state index contributed by atoms with van der Waals surface area (Å²) >= 11 is 13.5. The maximum Gasteiger partial charge on any atom is 0.192 e. The third kappa shape index (κ3) is 5.06. The fourth-order valence-corrected chi connectivity index (χ4v) is 3.92. The summed E-state index contributed by atoms with van der Waals surface area (Å²) in [5, 5.41) is 16.5. The van der Waals surface area contributed by atoms with E-state index in [-0.39, 0.29) is 0 Å². The van der Waals surface area contributed by atoms with E-state index < -0.39 is 0 Å². The van der Waals surface area contributed by atoms with Gasteiger partial charge in [-0.05, 0) is 41.8 Å². The van der Waals surface area contributed by atoms with Crippen LogP contribution in [-0.2, 0) is 13.2 Å². The Kier molecular flexibility index (Phi) is 7.36. The molecule has 0 spiro atoms. The van der Waals surface area contributed by atoms with Crippen molar-refractivity contribution >= 4 is 34.5 Å². The monoisotopic (exact) mass is 430 g/mol. The summed E-state index contributed by atoms with van der Waals surface area (Å²) in [4.78, 5) is 0. The topological polar surface area (TPSA) is 45.0 Å². The maximum absolute atomic E-state index is 9.62. The minimum atomic E-state index is 0.415. The van der Waals surface area contributed by atoms with Gasteiger partial charge in [-0.1, -0.05) is 60.5 Å². The molecule has 1 aromatic heterocycles. The molecule has 0 amide bonds. The molecule has 1 heterocycles. The summed E-state index contributed by atoms with van der Waals surface area (Å²) in [6.07, 6.45) is 1.12. The second kappa shape index (κ2) is 9.95. The quantitative estimate of drug-likeness (QED) is 0.405. The van der Waals surface area contributed by atoms with E-state index in [9.17, 15) is 5.26 Å². The van der Waals surface area contributed by atoms with E-state index in [0.717, 1.165) is 36.2 Å². The molecule has 0 aliphatic heterocycles. The van der Waals surface area contributed by atoms with E-state index in [1.807, 2.05) is 11.4 Å². The van der Waals surface area contributed by atoms with Crippen molar-refractivity contribution in [1.29, 1.82) is 5.26 Å². The summed E-state index contributed by atoms with van der Waals surface area (Å²) in [5.74, 6) is 0. The number of nitriles is 1. The number of thiophene rings is 1. The number of ether oxygens (including phenoxy) is 1. The number of nitrogens with one attached hydrogen (secondary N) is 1. The van der Waals surface area contributed by atoms with Crippen LogP contribution in [0.25, 0.3) is 11.1 Å². The van der Waals surface area contributed by atoms with Crippen LogP contribution in [0, 0.1) is 11.3 Å². The van der Waals surface area contributed by atoms with Crippen LogP contribution in [-0.4, -0.2) is 6.54 Å². The fourth-order valence-electron chi connectivity index (χ4n) is 2.74. The first-order valence-corrected chi connectivity index (χ1v) is 10.6. The highest BCUT2D eigenvalue weighted by atomic mass is 35.5. The molecule has 28 heavy (non-hydrogen) atoms. The minimum absolute atomic E-state index is 0.415. The Morgan fingerprint density at radius 2 is 1.82 bits per heavy atom. The zero-order valence-electron chi connectivity index (χ0n) is 15.5. The lowest BCUT2D eigenvalue weighted by Crippen LogP contribution is -2.13. The van der Waals surface area contributed by atoms with Crippen LogP contribution in [0.15, 0.2) is 47.8 Å². The summed E-state index contributed by atoms with van der Waals surface area (Å²) < 4.78 is 5.93. The minimum Gasteiger partial charge on any atom is -0.478 e. The molecule has 3 rings (SSSR count). The Bertz CT molecular complexity index is 977. The molecular formula is C22H20Cl2N2OS. The largest absolute Gasteiger partial charge is 0.478 e. The highest BCUT2D eigenvalue weighted by molar-refractivity contribution is 7.12. The van der Waals surface area contributed by atoms with Crippen molar-refractivity contribution in [2.24, 2.45) is 0 Å². The van der Waals surface area contributed by atoms with Gasteiger partial charge in [0, 0.05) is 17.5 Å². The van der Waals surface area contributed by atoms with E-state index in [2.05, 4.69) is 42.6 Å². The Morgan fingerprint density at radius 3 is 2.50 bits per heavy atom. The molecule has 0 fully saturated rings. The molecule has 0 aliphatic carbocycles. The van der Waals surface area contributed by atoms with Gasteiger partial charge in [0.2, 0.25) is 0 Å². The summed E-state index contributed by atoms with van der Waals surface area (Å²) in [5.41, 5.74) is 4.48. The highest BCUT2D eigenvalue weighted by Gasteiger charge is 2.15. The van der Waals surface area contributed by atoms with Crippen molar-refractivity contribution in [2.45, 2.75) is 26.5 Å². The van der Waals surface area contributed by atoms with Gasteiger partial charge >= 0.3 is 0 Å². The summed E-state index contributed by atoms with van der Waals surface area (Å²) in [6, 6.07) is 15.9. The van der Waals surface area contributed by atoms with Crippen molar-refractivity contribution in [1.82, 2.24) is 5.32 Å². The smallest absolute Gasteiger partial charge is 0.192 e. The number of rotatable bonds is 8. The van der Waals surface area contributed by atoms with Crippen molar-refractivity contribution < 1.29 is 4.74 Å². The standard InChI is InChI=1S/C22H20Cl2N2OS/c1-2-9-26-12-15-3-5-16(6-4-15)13-27-22-18(11-25)19(14-28-22)17-7-8-20(23)21(24)10-17/h3-8,10,14,26H,2,9,12-13H2,1H3. The molecule has 0 unspecified atom stereocenters. The van der Waals surface area contributed by atoms with Crippen LogP contribution < -0.4 is 10.1 Å². The lowest BCUT2D eigenvalue weighted by atomic mass is 10.1. The van der Waals surface area contributed by atoms with Gasteiger partial charge in [0.15, 0.2) is 5.06 Å². The fraction of sp³-hybridized carbons (Fsp3) is 0.227. The Balaban J connectivity index is 1.69. The van der Waals surface area contributed by atoms with E-state index in [0.29, 0.717) is 27.3 Å². The third-order valence-electron chi connectivity index (χ3n) is 4.25. The van der Waals surface area contributed by atoms with Gasteiger partial charge in [0.05, 0.1) is 10.0 Å². The first-order valence-electron chi connectivity index (χ1n) is 9.00. The van der Waals surface area contributed by atoms with Crippen LogP contribution in [0.2, 0.25) is 10.0 Å². The molecule has 3 nitrogen and oxygen atoms in total. The predicted octanol–water partition coefficient (Wildman–Crippen LogP) is 6.67. The number of hydrogen-bond donors (Lipinski definition) is 1. The molecule has 144 valence electrons. The van der Waals surface area contributed by atoms with Crippen LogP contribution in [0.3, 0.4) is 0 Å². The van der Waals surface area contributed by atoms with Crippen molar-refractivity contribution in [2.75, 3.05) is 6.54 Å². The Morgan fingerprint density at radius 1 is 1.07 bits per heavy atom. The SMILES string of the molecule is CCCNCc1ccc(COc2scc(-c3ccc(Cl)c(Cl)c3)c2C#N)cc1. The first-order chi connectivity index (χ1) is 13.6. The number of hydrogen-bond acceptors (Lipinski definition) is 4. The normalized spacial score (nSPS) is 10.6. The van der Waals surface area contributed by atoms with Gasteiger partial charge < -0.3 is 10.1 Å². The molecule has 0 saturated carbocycles. The van der Waals surface area contributed by atoms with E-state index in [1.165, 1.54) is 16.9 Å². The van der Waals surface area contributed by atoms with Crippen molar-refractivity contribution in [3.05, 3.63) is 74.6 Å². The molecule has 3 aromatic rings. The van der Waals surface area contributed by atoms with Gasteiger partial charge in [-0.25, -0.2) is 0 Å². The molecule has 0 bridgehead atoms. The van der Waals surface area contributed by atoms with Gasteiger partial charge in [-0.3, -0.25) is 0 Å². The molecule has 0 aliphatic rings. The van der Waals surface area contributed by atoms with Gasteiger partial charge in [-0.2, -0.15) is 5.26 Å². The zero-order chi connectivity index (χ0) is 19.9. The molecule has 0 radical (unpaired) electrons.